The highest BCUT2D eigenvalue weighted by atomic mass is 35.5. The maximum absolute atomic E-state index is 12.2. The Kier molecular flexibility index (Phi) is 4.67. The molecule has 3 heteroatoms. The molecule has 1 amide bonds. The van der Waals surface area contributed by atoms with Crippen LogP contribution in [-0.4, -0.2) is 5.91 Å². The molecule has 0 unspecified atom stereocenters. The summed E-state index contributed by atoms with van der Waals surface area (Å²) in [6.07, 6.45) is 5.43. The second-order valence-corrected chi connectivity index (χ2v) is 5.34. The molecule has 2 aromatic carbocycles. The summed E-state index contributed by atoms with van der Waals surface area (Å²) in [5, 5.41) is 3.52. The van der Waals surface area contributed by atoms with Gasteiger partial charge in [-0.1, -0.05) is 29.7 Å². The van der Waals surface area contributed by atoms with E-state index >= 15 is 0 Å². The van der Waals surface area contributed by atoms with Gasteiger partial charge in [0.2, 0.25) is 0 Å². The predicted octanol–water partition coefficient (Wildman–Crippen LogP) is 4.64. The molecule has 0 aliphatic heterocycles. The summed E-state index contributed by atoms with van der Waals surface area (Å²) in [6, 6.07) is 12.8. The van der Waals surface area contributed by atoms with Crippen LogP contribution in [0.2, 0.25) is 5.02 Å². The average molecular weight is 298 g/mol. The monoisotopic (exact) mass is 297 g/mol. The van der Waals surface area contributed by atoms with Crippen molar-refractivity contribution in [2.24, 2.45) is 0 Å². The zero-order chi connectivity index (χ0) is 15.4. The number of carbonyl (C=O) groups excluding carboxylic acids is 1. The highest BCUT2D eigenvalue weighted by molar-refractivity contribution is 6.31. The van der Waals surface area contributed by atoms with E-state index in [1.54, 1.807) is 18.2 Å². The minimum atomic E-state index is -0.166. The number of anilines is 1. The van der Waals surface area contributed by atoms with E-state index in [9.17, 15) is 4.79 Å². The highest BCUT2D eigenvalue weighted by Gasteiger charge is 2.09. The number of hydrogen-bond acceptors (Lipinski definition) is 1. The molecule has 0 aromatic heterocycles. The smallest absolute Gasteiger partial charge is 0.255 e. The second-order valence-electron chi connectivity index (χ2n) is 4.93. The van der Waals surface area contributed by atoms with Gasteiger partial charge in [0, 0.05) is 22.2 Å². The van der Waals surface area contributed by atoms with Gasteiger partial charge in [-0.15, -0.1) is 6.42 Å². The third kappa shape index (κ3) is 3.65. The van der Waals surface area contributed by atoms with Crippen molar-refractivity contribution in [3.05, 3.63) is 64.2 Å². The van der Waals surface area contributed by atoms with E-state index in [4.69, 9.17) is 18.0 Å². The maximum Gasteiger partial charge on any atom is 0.255 e. The first-order valence-electron chi connectivity index (χ1n) is 6.65. The standard InChI is InChI=1S/C18H16ClNO/c1-4-12(2)14-6-5-7-16(11-14)20-18(21)15-8-9-17(19)13(3)10-15/h1,5-12H,2-3H3,(H,20,21)/t12-/m0/s1. The van der Waals surface area contributed by atoms with Gasteiger partial charge in [0.15, 0.2) is 0 Å². The molecule has 2 aromatic rings. The fourth-order valence-electron chi connectivity index (χ4n) is 1.97. The van der Waals surface area contributed by atoms with Gasteiger partial charge in [0.05, 0.1) is 0 Å². The number of terminal acetylenes is 1. The molecule has 0 bridgehead atoms. The van der Waals surface area contributed by atoms with E-state index < -0.39 is 0 Å². The summed E-state index contributed by atoms with van der Waals surface area (Å²) >= 11 is 5.97. The number of aryl methyl sites for hydroxylation is 1. The van der Waals surface area contributed by atoms with Crippen LogP contribution >= 0.6 is 11.6 Å². The Labute approximate surface area is 130 Å². The molecule has 0 saturated carbocycles. The largest absolute Gasteiger partial charge is 0.322 e. The maximum atomic E-state index is 12.2. The lowest BCUT2D eigenvalue weighted by molar-refractivity contribution is 0.102. The van der Waals surface area contributed by atoms with Gasteiger partial charge in [0.1, 0.15) is 0 Å². The first-order chi connectivity index (χ1) is 10.0. The molecule has 2 rings (SSSR count). The van der Waals surface area contributed by atoms with E-state index in [0.717, 1.165) is 16.8 Å². The van der Waals surface area contributed by atoms with Crippen LogP contribution in [0.3, 0.4) is 0 Å². The molecule has 0 saturated heterocycles. The molecule has 0 radical (unpaired) electrons. The summed E-state index contributed by atoms with van der Waals surface area (Å²) in [7, 11) is 0. The van der Waals surface area contributed by atoms with Crippen LogP contribution in [0.15, 0.2) is 42.5 Å². The van der Waals surface area contributed by atoms with Gasteiger partial charge in [0.25, 0.3) is 5.91 Å². The lowest BCUT2D eigenvalue weighted by atomic mass is 10.0. The Morgan fingerprint density at radius 1 is 1.29 bits per heavy atom. The Hall–Kier alpha value is -2.24. The molecule has 21 heavy (non-hydrogen) atoms. The third-order valence-electron chi connectivity index (χ3n) is 3.31. The van der Waals surface area contributed by atoms with E-state index in [1.165, 1.54) is 0 Å². The highest BCUT2D eigenvalue weighted by Crippen LogP contribution is 2.20. The van der Waals surface area contributed by atoms with Crippen LogP contribution in [0.1, 0.15) is 34.3 Å². The second kappa shape index (κ2) is 6.47. The van der Waals surface area contributed by atoms with Crippen molar-refractivity contribution in [1.29, 1.82) is 0 Å². The number of hydrogen-bond donors (Lipinski definition) is 1. The Morgan fingerprint density at radius 2 is 2.05 bits per heavy atom. The van der Waals surface area contributed by atoms with E-state index in [2.05, 4.69) is 11.2 Å². The molecule has 106 valence electrons. The van der Waals surface area contributed by atoms with E-state index in [1.807, 2.05) is 38.1 Å². The third-order valence-corrected chi connectivity index (χ3v) is 3.74. The van der Waals surface area contributed by atoms with Crippen LogP contribution in [0.5, 0.6) is 0 Å². The van der Waals surface area contributed by atoms with Crippen LogP contribution < -0.4 is 5.32 Å². The fourth-order valence-corrected chi connectivity index (χ4v) is 2.09. The first-order valence-corrected chi connectivity index (χ1v) is 7.02. The van der Waals surface area contributed by atoms with Crippen molar-refractivity contribution in [3.8, 4) is 12.3 Å². The van der Waals surface area contributed by atoms with Gasteiger partial charge in [-0.3, -0.25) is 4.79 Å². The Morgan fingerprint density at radius 3 is 2.71 bits per heavy atom. The Bertz CT molecular complexity index is 715. The number of carbonyl (C=O) groups is 1. The quantitative estimate of drug-likeness (QED) is 0.822. The first kappa shape index (κ1) is 15.2. The fraction of sp³-hybridized carbons (Fsp3) is 0.167. The molecule has 0 aliphatic carbocycles. The van der Waals surface area contributed by atoms with Crippen molar-refractivity contribution in [3.63, 3.8) is 0 Å². The van der Waals surface area contributed by atoms with Gasteiger partial charge in [-0.25, -0.2) is 0 Å². The minimum Gasteiger partial charge on any atom is -0.322 e. The molecule has 0 heterocycles. The lowest BCUT2D eigenvalue weighted by Crippen LogP contribution is -2.12. The van der Waals surface area contributed by atoms with Gasteiger partial charge >= 0.3 is 0 Å². The van der Waals surface area contributed by atoms with Crippen LogP contribution in [0.4, 0.5) is 5.69 Å². The van der Waals surface area contributed by atoms with E-state index in [-0.39, 0.29) is 11.8 Å². The Balaban J connectivity index is 2.20. The summed E-state index contributed by atoms with van der Waals surface area (Å²) in [4.78, 5) is 12.2. The minimum absolute atomic E-state index is 0.0135. The molecular formula is C18H16ClNO. The molecular weight excluding hydrogens is 282 g/mol. The molecule has 2 nitrogen and oxygen atoms in total. The molecule has 0 fully saturated rings. The molecule has 1 N–H and O–H groups in total. The predicted molar refractivity (Wildman–Crippen MR) is 87.8 cm³/mol. The molecule has 0 spiro atoms. The van der Waals surface area contributed by atoms with Crippen LogP contribution in [0.25, 0.3) is 0 Å². The average Bonchev–Trinajstić information content (AvgIpc) is 2.49. The van der Waals surface area contributed by atoms with Gasteiger partial charge < -0.3 is 5.32 Å². The van der Waals surface area contributed by atoms with E-state index in [0.29, 0.717) is 10.6 Å². The number of amides is 1. The van der Waals surface area contributed by atoms with Crippen molar-refractivity contribution in [2.45, 2.75) is 19.8 Å². The van der Waals surface area contributed by atoms with Crippen molar-refractivity contribution in [1.82, 2.24) is 0 Å². The summed E-state index contributed by atoms with van der Waals surface area (Å²) in [5.41, 5.74) is 3.18. The number of benzene rings is 2. The summed E-state index contributed by atoms with van der Waals surface area (Å²) in [6.45, 7) is 3.82. The van der Waals surface area contributed by atoms with Crippen LogP contribution in [-0.2, 0) is 0 Å². The number of rotatable bonds is 3. The molecule has 0 aliphatic rings. The zero-order valence-electron chi connectivity index (χ0n) is 12.0. The van der Waals surface area contributed by atoms with Gasteiger partial charge in [-0.2, -0.15) is 0 Å². The van der Waals surface area contributed by atoms with Crippen molar-refractivity contribution in [2.75, 3.05) is 5.32 Å². The summed E-state index contributed by atoms with van der Waals surface area (Å²) < 4.78 is 0. The SMILES string of the molecule is C#C[C@H](C)c1cccc(NC(=O)c2ccc(Cl)c(C)c2)c1. The zero-order valence-corrected chi connectivity index (χ0v) is 12.7. The normalized spacial score (nSPS) is 11.5. The lowest BCUT2D eigenvalue weighted by Gasteiger charge is -2.10. The van der Waals surface area contributed by atoms with Crippen LogP contribution in [0, 0.1) is 19.3 Å². The van der Waals surface area contributed by atoms with Crippen molar-refractivity contribution < 1.29 is 4.79 Å². The topological polar surface area (TPSA) is 29.1 Å². The summed E-state index contributed by atoms with van der Waals surface area (Å²) in [5.74, 6) is 2.53. The number of nitrogens with one attached hydrogen (secondary N) is 1. The molecule has 1 atom stereocenters. The van der Waals surface area contributed by atoms with Gasteiger partial charge in [-0.05, 0) is 55.3 Å². The van der Waals surface area contributed by atoms with Crippen molar-refractivity contribution >= 4 is 23.2 Å². The number of halogens is 1.